The first-order valence-electron chi connectivity index (χ1n) is 6.61. The molecule has 0 amide bonds. The summed E-state index contributed by atoms with van der Waals surface area (Å²) in [6.45, 7) is 1.85. The van der Waals surface area contributed by atoms with Crippen molar-refractivity contribution in [3.8, 4) is 5.82 Å². The maximum Gasteiger partial charge on any atom is 0.262 e. The molecule has 0 saturated heterocycles. The molecule has 0 spiro atoms. The van der Waals surface area contributed by atoms with E-state index in [0.29, 0.717) is 11.5 Å². The van der Waals surface area contributed by atoms with Crippen LogP contribution in [0.3, 0.4) is 0 Å². The Bertz CT molecular complexity index is 889. The van der Waals surface area contributed by atoms with Gasteiger partial charge in [0.25, 0.3) is 10.0 Å². The molecule has 22 heavy (non-hydrogen) atoms. The predicted molar refractivity (Wildman–Crippen MR) is 83.3 cm³/mol. The van der Waals surface area contributed by atoms with Gasteiger partial charge in [0, 0.05) is 18.6 Å². The molecule has 1 aromatic carbocycles. The van der Waals surface area contributed by atoms with Gasteiger partial charge in [0.05, 0.1) is 10.6 Å². The Hall–Kier alpha value is -2.67. The van der Waals surface area contributed by atoms with E-state index in [-0.39, 0.29) is 4.90 Å². The second kappa shape index (κ2) is 5.61. The van der Waals surface area contributed by atoms with E-state index in [1.54, 1.807) is 55.0 Å². The summed E-state index contributed by atoms with van der Waals surface area (Å²) in [4.78, 5) is 4.40. The zero-order valence-electron chi connectivity index (χ0n) is 11.8. The Balaban J connectivity index is 2.00. The van der Waals surface area contributed by atoms with Crippen molar-refractivity contribution in [3.63, 3.8) is 0 Å². The summed E-state index contributed by atoms with van der Waals surface area (Å²) in [6.07, 6.45) is 4.89. The second-order valence-electron chi connectivity index (χ2n) is 4.75. The molecule has 0 aliphatic rings. The normalized spacial score (nSPS) is 11.3. The van der Waals surface area contributed by atoms with Gasteiger partial charge in [-0.25, -0.2) is 18.1 Å². The number of anilines is 1. The molecule has 6 nitrogen and oxygen atoms in total. The maximum atomic E-state index is 12.5. The van der Waals surface area contributed by atoms with Gasteiger partial charge >= 0.3 is 0 Å². The first kappa shape index (κ1) is 14.3. The van der Waals surface area contributed by atoms with Gasteiger partial charge in [-0.05, 0) is 42.8 Å². The number of rotatable bonds is 4. The van der Waals surface area contributed by atoms with Gasteiger partial charge in [0.1, 0.15) is 0 Å². The second-order valence-corrected chi connectivity index (χ2v) is 6.43. The third-order valence-corrected chi connectivity index (χ3v) is 4.42. The molecule has 0 fully saturated rings. The number of nitrogens with zero attached hydrogens (tertiary/aromatic N) is 3. The molecule has 2 aromatic heterocycles. The number of aryl methyl sites for hydroxylation is 1. The van der Waals surface area contributed by atoms with Crippen LogP contribution in [-0.4, -0.2) is 23.2 Å². The van der Waals surface area contributed by atoms with Crippen LogP contribution >= 0.6 is 0 Å². The lowest BCUT2D eigenvalue weighted by molar-refractivity contribution is 0.601. The van der Waals surface area contributed by atoms with Crippen LogP contribution in [0.2, 0.25) is 0 Å². The molecule has 112 valence electrons. The van der Waals surface area contributed by atoms with Gasteiger partial charge in [-0.2, -0.15) is 5.10 Å². The van der Waals surface area contributed by atoms with Crippen molar-refractivity contribution in [1.29, 1.82) is 0 Å². The van der Waals surface area contributed by atoms with Crippen molar-refractivity contribution in [1.82, 2.24) is 14.8 Å². The van der Waals surface area contributed by atoms with Crippen molar-refractivity contribution in [2.75, 3.05) is 4.72 Å². The van der Waals surface area contributed by atoms with Crippen molar-refractivity contribution < 1.29 is 8.42 Å². The highest BCUT2D eigenvalue weighted by Gasteiger charge is 2.17. The molecule has 0 aliphatic carbocycles. The molecular weight excluding hydrogens is 300 g/mol. The minimum atomic E-state index is -3.68. The third kappa shape index (κ3) is 2.84. The Labute approximate surface area is 128 Å². The van der Waals surface area contributed by atoms with E-state index in [0.717, 1.165) is 5.56 Å². The van der Waals surface area contributed by atoms with Gasteiger partial charge in [-0.15, -0.1) is 0 Å². The van der Waals surface area contributed by atoms with Crippen LogP contribution in [0.25, 0.3) is 5.82 Å². The largest absolute Gasteiger partial charge is 0.276 e. The van der Waals surface area contributed by atoms with Crippen LogP contribution in [0.5, 0.6) is 0 Å². The fraction of sp³-hybridized carbons (Fsp3) is 0.0667. The maximum absolute atomic E-state index is 12.5. The standard InChI is InChI=1S/C15H14N4O2S/c1-12-5-2-6-13(11-12)22(20,21)18-14-7-3-8-16-15(14)19-10-4-9-17-19/h2-11,18H,1H3. The first-order valence-corrected chi connectivity index (χ1v) is 8.09. The molecule has 3 rings (SSSR count). The average Bonchev–Trinajstić information content (AvgIpc) is 3.01. The van der Waals surface area contributed by atoms with Crippen LogP contribution in [0.15, 0.2) is 66.0 Å². The fourth-order valence-electron chi connectivity index (χ4n) is 2.04. The lowest BCUT2D eigenvalue weighted by Gasteiger charge is -2.12. The Morgan fingerprint density at radius 2 is 1.95 bits per heavy atom. The molecule has 0 atom stereocenters. The zero-order valence-corrected chi connectivity index (χ0v) is 12.7. The van der Waals surface area contributed by atoms with Crippen LogP contribution in [0.4, 0.5) is 5.69 Å². The molecule has 3 aromatic rings. The van der Waals surface area contributed by atoms with E-state index >= 15 is 0 Å². The summed E-state index contributed by atoms with van der Waals surface area (Å²) in [5.41, 5.74) is 1.24. The first-order chi connectivity index (χ1) is 10.6. The Kier molecular flexibility index (Phi) is 3.64. The van der Waals surface area contributed by atoms with Crippen LogP contribution in [0.1, 0.15) is 5.56 Å². The van der Waals surface area contributed by atoms with Gasteiger partial charge in [0.2, 0.25) is 0 Å². The lowest BCUT2D eigenvalue weighted by Crippen LogP contribution is -2.15. The highest BCUT2D eigenvalue weighted by atomic mass is 32.2. The number of benzene rings is 1. The quantitative estimate of drug-likeness (QED) is 0.802. The minimum absolute atomic E-state index is 0.211. The molecule has 0 saturated carbocycles. The van der Waals surface area contributed by atoms with Crippen molar-refractivity contribution in [2.24, 2.45) is 0 Å². The highest BCUT2D eigenvalue weighted by Crippen LogP contribution is 2.21. The lowest BCUT2D eigenvalue weighted by atomic mass is 10.2. The van der Waals surface area contributed by atoms with Crippen molar-refractivity contribution >= 4 is 15.7 Å². The molecule has 0 aliphatic heterocycles. The summed E-state index contributed by atoms with van der Waals surface area (Å²) in [5, 5.41) is 4.08. The van der Waals surface area contributed by atoms with Crippen LogP contribution < -0.4 is 4.72 Å². The van der Waals surface area contributed by atoms with E-state index in [9.17, 15) is 8.42 Å². The topological polar surface area (TPSA) is 76.9 Å². The molecule has 2 heterocycles. The SMILES string of the molecule is Cc1cccc(S(=O)(=O)Nc2cccnc2-n2cccn2)c1. The van der Waals surface area contributed by atoms with Gasteiger partial charge in [-0.3, -0.25) is 4.72 Å². The summed E-state index contributed by atoms with van der Waals surface area (Å²) < 4.78 is 29.1. The number of pyridine rings is 1. The van der Waals surface area contributed by atoms with E-state index in [4.69, 9.17) is 0 Å². The minimum Gasteiger partial charge on any atom is -0.276 e. The third-order valence-electron chi connectivity index (χ3n) is 3.05. The van der Waals surface area contributed by atoms with Gasteiger partial charge in [-0.1, -0.05) is 12.1 Å². The van der Waals surface area contributed by atoms with E-state index in [1.807, 2.05) is 13.0 Å². The molecule has 7 heteroatoms. The summed E-state index contributed by atoms with van der Waals surface area (Å²) >= 11 is 0. The number of sulfonamides is 1. The number of hydrogen-bond acceptors (Lipinski definition) is 4. The number of hydrogen-bond donors (Lipinski definition) is 1. The summed E-state index contributed by atoms with van der Waals surface area (Å²) in [6, 6.07) is 11.8. The number of aromatic nitrogens is 3. The van der Waals surface area contributed by atoms with Crippen LogP contribution in [-0.2, 0) is 10.0 Å². The van der Waals surface area contributed by atoms with Crippen molar-refractivity contribution in [3.05, 3.63) is 66.6 Å². The van der Waals surface area contributed by atoms with Crippen LogP contribution in [0, 0.1) is 6.92 Å². The van der Waals surface area contributed by atoms with Gasteiger partial charge in [0.15, 0.2) is 5.82 Å². The Morgan fingerprint density at radius 3 is 2.68 bits per heavy atom. The highest BCUT2D eigenvalue weighted by molar-refractivity contribution is 7.92. The molecule has 0 unspecified atom stereocenters. The fourth-order valence-corrected chi connectivity index (χ4v) is 3.20. The monoisotopic (exact) mass is 314 g/mol. The molecule has 1 N–H and O–H groups in total. The Morgan fingerprint density at radius 1 is 1.09 bits per heavy atom. The van der Waals surface area contributed by atoms with Gasteiger partial charge < -0.3 is 0 Å². The summed E-state index contributed by atoms with van der Waals surface area (Å²) in [5.74, 6) is 0.420. The molecular formula is C15H14N4O2S. The predicted octanol–water partition coefficient (Wildman–Crippen LogP) is 2.38. The average molecular weight is 314 g/mol. The van der Waals surface area contributed by atoms with E-state index in [1.165, 1.54) is 4.68 Å². The zero-order chi connectivity index (χ0) is 15.6. The summed E-state index contributed by atoms with van der Waals surface area (Å²) in [7, 11) is -3.68. The molecule has 0 bridgehead atoms. The van der Waals surface area contributed by atoms with Crippen molar-refractivity contribution in [2.45, 2.75) is 11.8 Å². The van der Waals surface area contributed by atoms with E-state index < -0.39 is 10.0 Å². The molecule has 0 radical (unpaired) electrons. The van der Waals surface area contributed by atoms with E-state index in [2.05, 4.69) is 14.8 Å². The smallest absolute Gasteiger partial charge is 0.262 e. The number of nitrogens with one attached hydrogen (secondary N) is 1.